The highest BCUT2D eigenvalue weighted by atomic mass is 16.5. The van der Waals surface area contributed by atoms with Gasteiger partial charge in [-0.3, -0.25) is 4.79 Å². The zero-order valence-electron chi connectivity index (χ0n) is 12.1. The number of carbonyl (C=O) groups is 1. The number of hydrogen-bond donors (Lipinski definition) is 3. The number of allylic oxidation sites excluding steroid dienone is 1. The number of aryl methyl sites for hydroxylation is 2. The van der Waals surface area contributed by atoms with Crippen LogP contribution in [0.2, 0.25) is 0 Å². The predicted octanol–water partition coefficient (Wildman–Crippen LogP) is 1.39. The number of amides is 1. The summed E-state index contributed by atoms with van der Waals surface area (Å²) in [7, 11) is 0. The molecule has 0 radical (unpaired) electrons. The zero-order valence-corrected chi connectivity index (χ0v) is 12.1. The molecule has 2 heterocycles. The topological polar surface area (TPSA) is 99.6 Å². The summed E-state index contributed by atoms with van der Waals surface area (Å²) in [5.41, 5.74) is 13.0. The molecule has 6 heteroatoms. The first-order valence-corrected chi connectivity index (χ1v) is 6.58. The lowest BCUT2D eigenvalue weighted by molar-refractivity contribution is -0.116. The van der Waals surface area contributed by atoms with Crippen LogP contribution in [0.5, 0.6) is 5.75 Å². The van der Waals surface area contributed by atoms with Gasteiger partial charge in [0.25, 0.3) is 5.91 Å². The molecule has 2 aliphatic rings. The molecule has 0 saturated heterocycles. The maximum Gasteiger partial charge on any atom is 0.256 e. The molecule has 0 aliphatic carbocycles. The Kier molecular flexibility index (Phi) is 2.66. The number of anilines is 1. The number of fused-ring (bicyclic) bond motifs is 1. The fourth-order valence-corrected chi connectivity index (χ4v) is 2.85. The number of nitrogens with one attached hydrogen (secondary N) is 1. The second-order valence-corrected chi connectivity index (χ2v) is 5.38. The van der Waals surface area contributed by atoms with E-state index in [4.69, 9.17) is 20.9 Å². The number of nitrogens with two attached hydrogens (primary N) is 2. The fourth-order valence-electron chi connectivity index (χ4n) is 2.85. The van der Waals surface area contributed by atoms with Gasteiger partial charge in [0, 0.05) is 6.08 Å². The van der Waals surface area contributed by atoms with Gasteiger partial charge >= 0.3 is 0 Å². The van der Waals surface area contributed by atoms with E-state index in [-0.39, 0.29) is 11.5 Å². The Bertz CT molecular complexity index is 721. The molecular formula is C15H17N3O3. The lowest BCUT2D eigenvalue weighted by atomic mass is 9.99. The van der Waals surface area contributed by atoms with Gasteiger partial charge in [-0.2, -0.15) is 0 Å². The van der Waals surface area contributed by atoms with Crippen LogP contribution in [0.1, 0.15) is 18.1 Å². The molecule has 3 rings (SSSR count). The number of carbonyl (C=O) groups excluding carboxylic acids is 1. The van der Waals surface area contributed by atoms with E-state index >= 15 is 0 Å². The third kappa shape index (κ3) is 1.91. The summed E-state index contributed by atoms with van der Waals surface area (Å²) in [5.74, 6) is 0.480. The molecule has 1 aromatic carbocycles. The fraction of sp³-hybridized carbons (Fsp3) is 0.267. The summed E-state index contributed by atoms with van der Waals surface area (Å²) in [6.07, 6.45) is 1.66. The Hall–Kier alpha value is -2.63. The number of hydrogen-bond acceptors (Lipinski definition) is 5. The number of benzene rings is 1. The monoisotopic (exact) mass is 287 g/mol. The SMILES string of the molecule is CC1=CC2(Nc3cc(C)cc(C)c3O2)C(C(N)=O)=C(N)O1. The summed E-state index contributed by atoms with van der Waals surface area (Å²) < 4.78 is 11.3. The quantitative estimate of drug-likeness (QED) is 0.725. The van der Waals surface area contributed by atoms with Crippen molar-refractivity contribution < 1.29 is 14.3 Å². The second kappa shape index (κ2) is 4.18. The van der Waals surface area contributed by atoms with E-state index in [0.717, 1.165) is 16.8 Å². The van der Waals surface area contributed by atoms with Gasteiger partial charge in [0.15, 0.2) is 0 Å². The van der Waals surface area contributed by atoms with Gasteiger partial charge in [0.1, 0.15) is 17.1 Å². The first-order valence-electron chi connectivity index (χ1n) is 6.58. The minimum absolute atomic E-state index is 0.0443. The molecule has 21 heavy (non-hydrogen) atoms. The second-order valence-electron chi connectivity index (χ2n) is 5.38. The summed E-state index contributed by atoms with van der Waals surface area (Å²) >= 11 is 0. The van der Waals surface area contributed by atoms with Crippen LogP contribution in [0.25, 0.3) is 0 Å². The Labute approximate surface area is 122 Å². The van der Waals surface area contributed by atoms with Crippen LogP contribution in [-0.2, 0) is 9.53 Å². The summed E-state index contributed by atoms with van der Waals surface area (Å²) in [6, 6.07) is 3.96. The number of rotatable bonds is 1. The van der Waals surface area contributed by atoms with Crippen LogP contribution >= 0.6 is 0 Å². The van der Waals surface area contributed by atoms with Gasteiger partial charge in [-0.25, -0.2) is 0 Å². The Morgan fingerprint density at radius 3 is 2.67 bits per heavy atom. The number of primary amides is 1. The van der Waals surface area contributed by atoms with E-state index in [1.54, 1.807) is 13.0 Å². The van der Waals surface area contributed by atoms with Crippen LogP contribution in [0.4, 0.5) is 5.69 Å². The smallest absolute Gasteiger partial charge is 0.256 e. The van der Waals surface area contributed by atoms with Crippen LogP contribution in [0.15, 0.2) is 35.4 Å². The summed E-state index contributed by atoms with van der Waals surface area (Å²) in [5, 5.41) is 3.21. The number of ether oxygens (including phenoxy) is 2. The predicted molar refractivity (Wildman–Crippen MR) is 78.1 cm³/mol. The van der Waals surface area contributed by atoms with E-state index in [2.05, 4.69) is 5.32 Å². The van der Waals surface area contributed by atoms with Crippen molar-refractivity contribution in [2.45, 2.75) is 26.5 Å². The molecule has 1 aromatic rings. The van der Waals surface area contributed by atoms with Gasteiger partial charge < -0.3 is 26.3 Å². The van der Waals surface area contributed by atoms with Crippen LogP contribution < -0.4 is 21.5 Å². The van der Waals surface area contributed by atoms with Crippen LogP contribution in [0, 0.1) is 13.8 Å². The minimum Gasteiger partial charge on any atom is -0.457 e. The lowest BCUT2D eigenvalue weighted by Crippen LogP contribution is -2.48. The van der Waals surface area contributed by atoms with Gasteiger partial charge in [0.05, 0.1) is 5.69 Å². The first-order chi connectivity index (χ1) is 9.82. The van der Waals surface area contributed by atoms with Crippen molar-refractivity contribution >= 4 is 11.6 Å². The summed E-state index contributed by atoms with van der Waals surface area (Å²) in [4.78, 5) is 11.8. The van der Waals surface area contributed by atoms with Gasteiger partial charge in [-0.1, -0.05) is 6.07 Å². The average molecular weight is 287 g/mol. The minimum atomic E-state index is -1.21. The molecule has 2 aliphatic heterocycles. The van der Waals surface area contributed by atoms with Crippen molar-refractivity contribution in [3.8, 4) is 5.75 Å². The van der Waals surface area contributed by atoms with Gasteiger partial charge in [-0.05, 0) is 38.0 Å². The van der Waals surface area contributed by atoms with Gasteiger partial charge in [0.2, 0.25) is 11.6 Å². The standard InChI is InChI=1S/C15H17N3O3/c1-7-4-8(2)12-10(5-7)18-15(21-12)6-9(3)20-14(17)11(15)13(16)19/h4-6,18H,17H2,1-3H3,(H2,16,19). The highest BCUT2D eigenvalue weighted by Gasteiger charge is 2.48. The molecule has 1 atom stereocenters. The molecule has 110 valence electrons. The molecular weight excluding hydrogens is 270 g/mol. The van der Waals surface area contributed by atoms with Crippen molar-refractivity contribution in [1.29, 1.82) is 0 Å². The Balaban J connectivity index is 2.16. The highest BCUT2D eigenvalue weighted by molar-refractivity contribution is 5.97. The molecule has 0 saturated carbocycles. The molecule has 0 bridgehead atoms. The van der Waals surface area contributed by atoms with E-state index in [0.29, 0.717) is 11.5 Å². The third-order valence-electron chi connectivity index (χ3n) is 3.54. The highest BCUT2D eigenvalue weighted by Crippen LogP contribution is 2.45. The van der Waals surface area contributed by atoms with Crippen molar-refractivity contribution in [3.63, 3.8) is 0 Å². The zero-order chi connectivity index (χ0) is 15.4. The van der Waals surface area contributed by atoms with Crippen LogP contribution in [-0.4, -0.2) is 11.6 Å². The molecule has 6 nitrogen and oxygen atoms in total. The van der Waals surface area contributed by atoms with Crippen molar-refractivity contribution in [2.75, 3.05) is 5.32 Å². The maximum absolute atomic E-state index is 11.8. The Morgan fingerprint density at radius 2 is 2.00 bits per heavy atom. The molecule has 1 spiro atoms. The molecule has 1 unspecified atom stereocenters. The largest absolute Gasteiger partial charge is 0.457 e. The molecule has 0 fully saturated rings. The lowest BCUT2D eigenvalue weighted by Gasteiger charge is -2.31. The summed E-state index contributed by atoms with van der Waals surface area (Å²) in [6.45, 7) is 5.67. The Morgan fingerprint density at radius 1 is 1.29 bits per heavy atom. The van der Waals surface area contributed by atoms with E-state index < -0.39 is 11.6 Å². The maximum atomic E-state index is 11.8. The van der Waals surface area contributed by atoms with Crippen LogP contribution in [0.3, 0.4) is 0 Å². The normalized spacial score (nSPS) is 23.1. The third-order valence-corrected chi connectivity index (χ3v) is 3.54. The molecule has 1 amide bonds. The van der Waals surface area contributed by atoms with E-state index in [1.807, 2.05) is 26.0 Å². The average Bonchev–Trinajstić information content (AvgIpc) is 2.65. The van der Waals surface area contributed by atoms with Crippen molar-refractivity contribution in [2.24, 2.45) is 11.5 Å². The van der Waals surface area contributed by atoms with E-state index in [1.165, 1.54) is 0 Å². The first kappa shape index (κ1) is 13.4. The molecule has 5 N–H and O–H groups in total. The van der Waals surface area contributed by atoms with Crippen molar-refractivity contribution in [1.82, 2.24) is 0 Å². The van der Waals surface area contributed by atoms with Gasteiger partial charge in [-0.15, -0.1) is 0 Å². The van der Waals surface area contributed by atoms with Crippen molar-refractivity contribution in [3.05, 3.63) is 46.6 Å². The molecule has 0 aromatic heterocycles. The van der Waals surface area contributed by atoms with E-state index in [9.17, 15) is 4.79 Å².